The van der Waals surface area contributed by atoms with Crippen LogP contribution in [0.1, 0.15) is 0 Å². The molecule has 1 aromatic heterocycles. The molecule has 7 aromatic rings. The van der Waals surface area contributed by atoms with Crippen molar-refractivity contribution in [3.05, 3.63) is 133 Å². The van der Waals surface area contributed by atoms with E-state index in [-0.39, 0.29) is 0 Å². The average molecular weight is 519 g/mol. The van der Waals surface area contributed by atoms with Gasteiger partial charge in [-0.15, -0.1) is 0 Å². The Balaban J connectivity index is 1.30. The first-order valence-corrected chi connectivity index (χ1v) is 13.2. The third kappa shape index (κ3) is 4.16. The predicted octanol–water partition coefficient (Wildman–Crippen LogP) is 9.91. The number of furan rings is 1. The molecular weight excluding hydrogens is 492 g/mol. The Morgan fingerprint density at radius 1 is 0.650 bits per heavy atom. The summed E-state index contributed by atoms with van der Waals surface area (Å²) in [5, 5.41) is 4.35. The van der Waals surface area contributed by atoms with Crippen molar-refractivity contribution in [2.24, 2.45) is 4.99 Å². The Kier molecular flexibility index (Phi) is 5.98. The van der Waals surface area contributed by atoms with Gasteiger partial charge in [-0.1, -0.05) is 91.0 Å². The minimum Gasteiger partial charge on any atom is -0.470 e. The molecule has 192 valence electrons. The topological polar surface area (TPSA) is 38.0 Å². The van der Waals surface area contributed by atoms with Gasteiger partial charge in [-0.05, 0) is 65.7 Å². The summed E-state index contributed by atoms with van der Waals surface area (Å²) in [7, 11) is 0. The predicted molar refractivity (Wildman–Crippen MR) is 166 cm³/mol. The van der Waals surface area contributed by atoms with Crippen LogP contribution >= 0.6 is 0 Å². The van der Waals surface area contributed by atoms with Crippen molar-refractivity contribution in [2.45, 2.75) is 0 Å². The molecule has 0 atom stereocenters. The van der Waals surface area contributed by atoms with Gasteiger partial charge in [-0.2, -0.15) is 0 Å². The minimum absolute atomic E-state index is 0.299. The Morgan fingerprint density at radius 2 is 1.38 bits per heavy atom. The van der Waals surface area contributed by atoms with Crippen LogP contribution in [-0.4, -0.2) is 13.4 Å². The number of hydrogen-bond acceptors (Lipinski definition) is 4. The van der Waals surface area contributed by atoms with Gasteiger partial charge in [0.2, 0.25) is 0 Å². The van der Waals surface area contributed by atoms with Crippen molar-refractivity contribution in [3.8, 4) is 16.9 Å². The smallest absolute Gasteiger partial charge is 0.165 e. The maximum Gasteiger partial charge on any atom is 0.165 e. The second-order valence-corrected chi connectivity index (χ2v) is 9.66. The number of hydrogen-bond donors (Lipinski definition) is 0. The number of ether oxygens (including phenoxy) is 1. The summed E-state index contributed by atoms with van der Waals surface area (Å²) >= 11 is 0. The van der Waals surface area contributed by atoms with Crippen LogP contribution in [0.2, 0.25) is 0 Å². The molecule has 40 heavy (non-hydrogen) atoms. The first kappa shape index (κ1) is 23.7. The van der Waals surface area contributed by atoms with Crippen LogP contribution in [0.5, 0.6) is 5.75 Å². The zero-order valence-electron chi connectivity index (χ0n) is 21.8. The highest BCUT2D eigenvalue weighted by Gasteiger charge is 2.16. The fraction of sp³-hybridized carbons (Fsp3) is 0.0278. The summed E-state index contributed by atoms with van der Waals surface area (Å²) in [4.78, 5) is 6.49. The molecule has 0 saturated heterocycles. The summed E-state index contributed by atoms with van der Waals surface area (Å²) in [5.41, 5.74) is 6.80. The van der Waals surface area contributed by atoms with E-state index < -0.39 is 0 Å². The summed E-state index contributed by atoms with van der Waals surface area (Å²) in [6.45, 7) is 4.12. The second-order valence-electron chi connectivity index (χ2n) is 9.66. The van der Waals surface area contributed by atoms with Crippen molar-refractivity contribution in [1.82, 2.24) is 0 Å². The first-order chi connectivity index (χ1) is 19.8. The fourth-order valence-corrected chi connectivity index (χ4v) is 5.41. The van der Waals surface area contributed by atoms with Gasteiger partial charge in [0.25, 0.3) is 0 Å². The number of aliphatic imine (C=N–C) groups is 1. The molecule has 0 N–H and O–H groups in total. The van der Waals surface area contributed by atoms with Crippen LogP contribution in [0.4, 0.5) is 17.1 Å². The quantitative estimate of drug-likeness (QED) is 0.156. The monoisotopic (exact) mass is 518 g/mol. The molecule has 0 fully saturated rings. The van der Waals surface area contributed by atoms with Gasteiger partial charge in [-0.3, -0.25) is 4.99 Å². The Bertz CT molecular complexity index is 1990. The van der Waals surface area contributed by atoms with E-state index in [1.165, 1.54) is 0 Å². The number of benzene rings is 6. The third-order valence-electron chi connectivity index (χ3n) is 7.31. The van der Waals surface area contributed by atoms with Gasteiger partial charge in [0, 0.05) is 27.5 Å². The van der Waals surface area contributed by atoms with Crippen molar-refractivity contribution < 1.29 is 9.15 Å². The molecule has 4 nitrogen and oxygen atoms in total. The molecule has 4 heteroatoms. The second kappa shape index (κ2) is 10.1. The molecular formula is C36H26N2O2. The molecule has 0 radical (unpaired) electrons. The van der Waals surface area contributed by atoms with Gasteiger partial charge in [0.15, 0.2) is 6.73 Å². The molecule has 1 heterocycles. The van der Waals surface area contributed by atoms with E-state index in [0.717, 1.165) is 60.9 Å². The van der Waals surface area contributed by atoms with Crippen molar-refractivity contribution >= 4 is 56.5 Å². The van der Waals surface area contributed by atoms with Gasteiger partial charge < -0.3 is 14.1 Å². The van der Waals surface area contributed by atoms with Crippen LogP contribution in [0.15, 0.2) is 143 Å². The van der Waals surface area contributed by atoms with Crippen molar-refractivity contribution in [3.63, 3.8) is 0 Å². The van der Waals surface area contributed by atoms with Crippen LogP contribution in [-0.2, 0) is 0 Å². The molecule has 0 saturated carbocycles. The molecule has 7 rings (SSSR count). The average Bonchev–Trinajstić information content (AvgIpc) is 3.40. The molecule has 0 aliphatic heterocycles. The zero-order chi connectivity index (χ0) is 26.9. The van der Waals surface area contributed by atoms with E-state index >= 15 is 0 Å². The van der Waals surface area contributed by atoms with E-state index in [2.05, 4.69) is 83.3 Å². The van der Waals surface area contributed by atoms with Crippen molar-refractivity contribution in [2.75, 3.05) is 11.6 Å². The molecule has 0 spiro atoms. The minimum atomic E-state index is 0.299. The highest BCUT2D eigenvalue weighted by Crippen LogP contribution is 2.39. The summed E-state index contributed by atoms with van der Waals surface area (Å²) < 4.78 is 12.6. The van der Waals surface area contributed by atoms with Crippen LogP contribution in [0.3, 0.4) is 0 Å². The maximum absolute atomic E-state index is 6.45. The van der Waals surface area contributed by atoms with E-state index in [1.54, 1.807) is 0 Å². The number of nitrogens with zero attached hydrogens (tertiary/aromatic N) is 2. The van der Waals surface area contributed by atoms with Crippen LogP contribution in [0, 0.1) is 0 Å². The summed E-state index contributed by atoms with van der Waals surface area (Å²) in [6, 6.07) is 45.4. The van der Waals surface area contributed by atoms with Crippen molar-refractivity contribution in [1.29, 1.82) is 0 Å². The lowest BCUT2D eigenvalue weighted by Crippen LogP contribution is -2.23. The number of anilines is 2. The van der Waals surface area contributed by atoms with Gasteiger partial charge in [-0.25, -0.2) is 0 Å². The lowest BCUT2D eigenvalue weighted by Gasteiger charge is -2.26. The molecule has 6 aromatic carbocycles. The van der Waals surface area contributed by atoms with Gasteiger partial charge in [0.1, 0.15) is 22.6 Å². The molecule has 0 aliphatic carbocycles. The van der Waals surface area contributed by atoms with E-state index in [4.69, 9.17) is 9.15 Å². The Labute approximate surface area is 232 Å². The Hall–Kier alpha value is -5.35. The van der Waals surface area contributed by atoms with Crippen LogP contribution < -0.4 is 9.64 Å². The molecule has 0 aliphatic rings. The molecule has 0 amide bonds. The number of rotatable bonds is 7. The fourth-order valence-electron chi connectivity index (χ4n) is 5.41. The largest absolute Gasteiger partial charge is 0.470 e. The van der Waals surface area contributed by atoms with E-state index in [9.17, 15) is 0 Å². The van der Waals surface area contributed by atoms with E-state index in [1.807, 2.05) is 66.7 Å². The highest BCUT2D eigenvalue weighted by molar-refractivity contribution is 6.12. The summed E-state index contributed by atoms with van der Waals surface area (Å²) in [5.74, 6) is 0.695. The van der Waals surface area contributed by atoms with E-state index in [0.29, 0.717) is 12.5 Å². The number of para-hydroxylation sites is 2. The first-order valence-electron chi connectivity index (χ1n) is 13.2. The number of fused-ring (bicyclic) bond motifs is 4. The lowest BCUT2D eigenvalue weighted by atomic mass is 9.99. The normalized spacial score (nSPS) is 11.2. The maximum atomic E-state index is 6.45. The highest BCUT2D eigenvalue weighted by atomic mass is 16.5. The molecule has 0 bridgehead atoms. The SMILES string of the molecule is C=Nc1c(OCN(c2ccccc2)c2cccc(-c3cccc4oc5ccccc5c34)c2)ccc2ccccc12. The zero-order valence-corrected chi connectivity index (χ0v) is 21.8. The van der Waals surface area contributed by atoms with Crippen LogP contribution in [0.25, 0.3) is 43.8 Å². The standard InChI is InChI=1S/C36H26N2O2/c1-37-36-30-16-6-5-11-25(30)21-22-34(36)39-24-38(27-13-3-2-4-14-27)28-15-9-12-26(23-28)29-18-10-20-33-35(29)31-17-7-8-19-32(31)40-33/h2-23H,1,24H2. The van der Waals surface area contributed by atoms with Gasteiger partial charge >= 0.3 is 0 Å². The third-order valence-corrected chi connectivity index (χ3v) is 7.31. The van der Waals surface area contributed by atoms with Gasteiger partial charge in [0.05, 0.1) is 0 Å². The molecule has 0 unspecified atom stereocenters. The Morgan fingerprint density at radius 3 is 2.25 bits per heavy atom. The lowest BCUT2D eigenvalue weighted by molar-refractivity contribution is 0.328. The summed E-state index contributed by atoms with van der Waals surface area (Å²) in [6.07, 6.45) is 0.